The second-order valence-electron chi connectivity index (χ2n) is 16.4. The van der Waals surface area contributed by atoms with Crippen molar-refractivity contribution in [1.82, 2.24) is 0 Å². The van der Waals surface area contributed by atoms with Crippen LogP contribution in [0.4, 0.5) is 0 Å². The Morgan fingerprint density at radius 1 is 0.519 bits per heavy atom. The van der Waals surface area contributed by atoms with Crippen molar-refractivity contribution in [1.29, 1.82) is 0 Å². The first-order chi connectivity index (χ1) is 25.2. The summed E-state index contributed by atoms with van der Waals surface area (Å²) in [6, 6.07) is 27.1. The topological polar surface area (TPSA) is 113 Å². The zero-order chi connectivity index (χ0) is 34.5. The van der Waals surface area contributed by atoms with Crippen LogP contribution in [0.2, 0.25) is 0 Å². The monoisotopic (exact) mass is 704 g/mol. The summed E-state index contributed by atoms with van der Waals surface area (Å²) in [5.41, 5.74) is 19.4. The lowest BCUT2D eigenvalue weighted by Gasteiger charge is -2.33. The maximum absolute atomic E-state index is 12.9. The second kappa shape index (κ2) is 9.27. The molecule has 5 aromatic carbocycles. The van der Waals surface area contributed by atoms with Gasteiger partial charge in [-0.1, -0.05) is 72.8 Å². The first-order valence-corrected chi connectivity index (χ1v) is 20.1. The number of benzene rings is 5. The van der Waals surface area contributed by atoms with E-state index in [0.717, 1.165) is 47.9 Å². The van der Waals surface area contributed by atoms with Crippen molar-refractivity contribution in [2.24, 2.45) is 0 Å². The third kappa shape index (κ3) is 3.34. The lowest BCUT2D eigenvalue weighted by atomic mass is 9.74. The van der Waals surface area contributed by atoms with Crippen molar-refractivity contribution < 1.29 is 33.5 Å². The van der Waals surface area contributed by atoms with Gasteiger partial charge in [-0.25, -0.2) is 9.36 Å². The van der Waals surface area contributed by atoms with Crippen LogP contribution in [-0.2, 0) is 9.36 Å². The molecule has 0 spiro atoms. The van der Waals surface area contributed by atoms with E-state index in [4.69, 9.17) is 9.26 Å². The molecule has 0 radical (unpaired) electrons. The Bertz CT molecular complexity index is 2460. The van der Waals surface area contributed by atoms with Crippen molar-refractivity contribution in [3.63, 3.8) is 0 Å². The number of hydrogen-bond donors (Lipinski definition) is 3. The van der Waals surface area contributed by atoms with Crippen molar-refractivity contribution in [2.45, 2.75) is 73.0 Å². The van der Waals surface area contributed by atoms with Crippen LogP contribution in [0.25, 0.3) is 0 Å². The summed E-state index contributed by atoms with van der Waals surface area (Å²) in [4.78, 5) is 33.0. The molecule has 0 heterocycles. The number of carboxylic acid groups (broad SMARTS) is 1. The molecule has 7 nitrogen and oxygen atoms in total. The van der Waals surface area contributed by atoms with Crippen LogP contribution in [0.1, 0.15) is 162 Å². The van der Waals surface area contributed by atoms with Crippen LogP contribution >= 0.6 is 7.82 Å². The largest absolute Gasteiger partial charge is 0.524 e. The number of phosphoric acid groups is 1. The molecule has 0 saturated carbocycles. The molecule has 0 aromatic heterocycles. The molecule has 8 atom stereocenters. The molecule has 13 rings (SSSR count). The summed E-state index contributed by atoms with van der Waals surface area (Å²) in [7, 11) is -4.96. The third-order valence-corrected chi connectivity index (χ3v) is 14.9. The van der Waals surface area contributed by atoms with Gasteiger partial charge < -0.3 is 14.4 Å². The van der Waals surface area contributed by atoms with E-state index in [-0.39, 0.29) is 23.7 Å². The number of rotatable bonds is 5. The van der Waals surface area contributed by atoms with Gasteiger partial charge in [-0.2, -0.15) is 0 Å². The maximum atomic E-state index is 12.9. The summed E-state index contributed by atoms with van der Waals surface area (Å²) < 4.78 is 25.2. The number of carboxylic acids is 1. The molecular weight excluding hydrogens is 671 g/mol. The van der Waals surface area contributed by atoms with Crippen molar-refractivity contribution in [3.8, 4) is 11.5 Å². The highest BCUT2D eigenvalue weighted by molar-refractivity contribution is 7.46. The van der Waals surface area contributed by atoms with Crippen LogP contribution in [-0.4, -0.2) is 27.5 Å². The number of ether oxygens (including phenoxy) is 1. The molecule has 0 saturated heterocycles. The quantitative estimate of drug-likeness (QED) is 0.157. The van der Waals surface area contributed by atoms with Gasteiger partial charge >= 0.3 is 13.8 Å². The van der Waals surface area contributed by atoms with Gasteiger partial charge in [0.1, 0.15) is 11.5 Å². The van der Waals surface area contributed by atoms with E-state index in [1.165, 1.54) is 66.8 Å². The molecule has 256 valence electrons. The van der Waals surface area contributed by atoms with Crippen LogP contribution in [0.5, 0.6) is 11.5 Å². The molecule has 0 aliphatic heterocycles. The summed E-state index contributed by atoms with van der Waals surface area (Å²) in [5.74, 6) is 0.902. The zero-order valence-corrected chi connectivity index (χ0v) is 28.9. The number of phosphoric ester groups is 1. The van der Waals surface area contributed by atoms with E-state index in [1.54, 1.807) is 0 Å². The van der Waals surface area contributed by atoms with Gasteiger partial charge in [0.05, 0.1) is 0 Å². The first kappa shape index (κ1) is 28.9. The predicted molar refractivity (Wildman–Crippen MR) is 191 cm³/mol. The highest BCUT2D eigenvalue weighted by Crippen LogP contribution is 2.72. The Labute approximate surface area is 299 Å². The van der Waals surface area contributed by atoms with E-state index in [1.807, 2.05) is 0 Å². The molecule has 0 amide bonds. The Kier molecular flexibility index (Phi) is 5.14. The van der Waals surface area contributed by atoms with E-state index < -0.39 is 20.4 Å². The minimum Gasteiger partial charge on any atom is -0.481 e. The van der Waals surface area contributed by atoms with Crippen molar-refractivity contribution in [3.05, 3.63) is 162 Å². The van der Waals surface area contributed by atoms with E-state index in [9.17, 15) is 24.3 Å². The standard InChI is InChI=1S/C44H33O7P/c45-38(46)17-50-43-39-34-15-36(32-13-28-24-9-22(26(28)11-30(32)34)18-5-1-3-7-20(18)24)41(39)44(51-52(47,48)49)42-37-16-35(40(42)43)31-12-27-23-10-25(29(27)14-33(31)37)21-8-4-2-6-19(21)23/h1-8,11-14,22-25,34-37H,9-10,15-17H2,(H,45,46)(H2,47,48,49). The van der Waals surface area contributed by atoms with Gasteiger partial charge in [0.15, 0.2) is 6.61 Å². The van der Waals surface area contributed by atoms with Gasteiger partial charge in [-0.3, -0.25) is 9.79 Å². The number of fused-ring (bicyclic) bond motifs is 32. The molecule has 3 N–H and O–H groups in total. The van der Waals surface area contributed by atoms with E-state index in [2.05, 4.69) is 72.8 Å². The fourth-order valence-corrected chi connectivity index (χ4v) is 13.4. The first-order valence-electron chi connectivity index (χ1n) is 18.6. The Morgan fingerprint density at radius 3 is 1.15 bits per heavy atom. The zero-order valence-electron chi connectivity index (χ0n) is 28.0. The van der Waals surface area contributed by atoms with Gasteiger partial charge in [-0.15, -0.1) is 0 Å². The molecule has 8 bridgehead atoms. The van der Waals surface area contributed by atoms with Gasteiger partial charge in [-0.05, 0) is 92.4 Å². The van der Waals surface area contributed by atoms with E-state index in [0.29, 0.717) is 35.2 Å². The van der Waals surface area contributed by atoms with Crippen LogP contribution in [0.15, 0.2) is 72.8 Å². The molecule has 8 aliphatic carbocycles. The normalized spacial score (nSPS) is 28.6. The number of carbonyl (C=O) groups is 1. The third-order valence-electron chi connectivity index (χ3n) is 14.5. The van der Waals surface area contributed by atoms with Crippen LogP contribution in [0, 0.1) is 0 Å². The number of aliphatic carboxylic acids is 1. The Balaban J connectivity index is 1.02. The Hall–Kier alpha value is -4.68. The van der Waals surface area contributed by atoms with Gasteiger partial charge in [0, 0.05) is 69.6 Å². The average molecular weight is 705 g/mol. The second-order valence-corrected chi connectivity index (χ2v) is 17.6. The fraction of sp³-hybridized carbons (Fsp3) is 0.295. The van der Waals surface area contributed by atoms with E-state index >= 15 is 0 Å². The Morgan fingerprint density at radius 2 is 0.827 bits per heavy atom. The SMILES string of the molecule is O=C(O)COc1c2c(c(OP(=O)(O)O)c3c1C1CC3c3cc4c(cc31)C1CC4c3ccccc31)C1CC2c2cc3c(cc21)C1CC3c2ccccc21. The average Bonchev–Trinajstić information content (AvgIpc) is 4.00. The molecule has 5 aromatic rings. The number of hydrogen-bond acceptors (Lipinski definition) is 4. The van der Waals surface area contributed by atoms with Crippen molar-refractivity contribution in [2.75, 3.05) is 6.61 Å². The molecular formula is C44H33O7P. The maximum Gasteiger partial charge on any atom is 0.524 e. The highest BCUT2D eigenvalue weighted by Gasteiger charge is 2.56. The van der Waals surface area contributed by atoms with Crippen molar-refractivity contribution >= 4 is 13.8 Å². The minimum absolute atomic E-state index is 0.0752. The summed E-state index contributed by atoms with van der Waals surface area (Å²) in [6.07, 6.45) is 3.65. The highest BCUT2D eigenvalue weighted by atomic mass is 31.2. The molecule has 0 fully saturated rings. The molecule has 8 heteroatoms. The van der Waals surface area contributed by atoms with Crippen LogP contribution in [0.3, 0.4) is 0 Å². The van der Waals surface area contributed by atoms with Gasteiger partial charge in [0.25, 0.3) is 0 Å². The minimum atomic E-state index is -4.96. The lowest BCUT2D eigenvalue weighted by Crippen LogP contribution is -2.19. The fourth-order valence-electron chi connectivity index (χ4n) is 12.9. The summed E-state index contributed by atoms with van der Waals surface area (Å²) >= 11 is 0. The van der Waals surface area contributed by atoms with Crippen LogP contribution < -0.4 is 9.26 Å². The molecule has 8 aliphatic rings. The molecule has 52 heavy (non-hydrogen) atoms. The van der Waals surface area contributed by atoms with Gasteiger partial charge in [0.2, 0.25) is 0 Å². The lowest BCUT2D eigenvalue weighted by molar-refractivity contribution is -0.139. The molecule has 8 unspecified atom stereocenters. The smallest absolute Gasteiger partial charge is 0.481 e. The summed E-state index contributed by atoms with van der Waals surface area (Å²) in [6.45, 7) is -0.485. The predicted octanol–water partition coefficient (Wildman–Crippen LogP) is 8.55. The summed E-state index contributed by atoms with van der Waals surface area (Å²) in [5, 5.41) is 9.90.